The summed E-state index contributed by atoms with van der Waals surface area (Å²) in [7, 11) is 0. The third kappa shape index (κ3) is 7.02. The third-order valence-electron chi connectivity index (χ3n) is 7.94. The summed E-state index contributed by atoms with van der Waals surface area (Å²) in [5, 5.41) is 11.6. The smallest absolute Gasteiger partial charge is 0.247 e. The van der Waals surface area contributed by atoms with E-state index in [4.69, 9.17) is 0 Å². The van der Waals surface area contributed by atoms with E-state index in [0.29, 0.717) is 28.4 Å². The fraction of sp³-hybridized carbons (Fsp3) is 0.108. The Morgan fingerprint density at radius 1 is 0.426 bits per heavy atom. The minimum atomic E-state index is -1.32. The number of amides is 4. The van der Waals surface area contributed by atoms with Crippen molar-refractivity contribution >= 4 is 52.1 Å². The standard InChI is InChI=1S/C37H32N6O4/c44-34(39-25-13-5-1-6-14-25)30-31(35(45)40-26-15-7-2-8-16-26)33(37(47)42-28-19-11-4-12-20-28)43(29-21-23-38-24-22-29)32(30)36(46)41-27-17-9-3-10-18-27/h1-24,30-33H,(H,39,44)(H,40,45)(H,41,46)(H,42,47)/t30-,31+,32-,33+. The quantitative estimate of drug-likeness (QED) is 0.173. The van der Waals surface area contributed by atoms with Crippen molar-refractivity contribution in [2.45, 2.75) is 12.1 Å². The van der Waals surface area contributed by atoms with Crippen molar-refractivity contribution in [2.75, 3.05) is 26.2 Å². The zero-order valence-corrected chi connectivity index (χ0v) is 25.2. The van der Waals surface area contributed by atoms with E-state index in [1.807, 2.05) is 24.3 Å². The van der Waals surface area contributed by atoms with Crippen LogP contribution in [-0.4, -0.2) is 40.7 Å². The largest absolute Gasteiger partial charge is 0.346 e. The number of pyridine rings is 1. The molecular weight excluding hydrogens is 592 g/mol. The summed E-state index contributed by atoms with van der Waals surface area (Å²) in [4.78, 5) is 63.3. The van der Waals surface area contributed by atoms with E-state index in [-0.39, 0.29) is 0 Å². The van der Waals surface area contributed by atoms with E-state index < -0.39 is 47.5 Å². The van der Waals surface area contributed by atoms with Crippen molar-refractivity contribution in [1.29, 1.82) is 0 Å². The van der Waals surface area contributed by atoms with Crippen molar-refractivity contribution < 1.29 is 19.2 Å². The molecular formula is C37H32N6O4. The van der Waals surface area contributed by atoms with Gasteiger partial charge in [0.05, 0.1) is 11.8 Å². The minimum Gasteiger partial charge on any atom is -0.346 e. The highest BCUT2D eigenvalue weighted by atomic mass is 16.2. The van der Waals surface area contributed by atoms with Crippen LogP contribution >= 0.6 is 0 Å². The molecule has 2 heterocycles. The summed E-state index contributed by atoms with van der Waals surface area (Å²) in [5.41, 5.74) is 2.40. The molecule has 10 nitrogen and oxygen atoms in total. The lowest BCUT2D eigenvalue weighted by atomic mass is 9.84. The first-order valence-electron chi connectivity index (χ1n) is 15.1. The predicted octanol–water partition coefficient (Wildman–Crippen LogP) is 5.43. The van der Waals surface area contributed by atoms with Gasteiger partial charge in [-0.3, -0.25) is 24.2 Å². The number of hydrogen-bond donors (Lipinski definition) is 4. The number of benzene rings is 4. The first kappa shape index (κ1) is 30.7. The fourth-order valence-electron chi connectivity index (χ4n) is 5.91. The number of hydrogen-bond acceptors (Lipinski definition) is 6. The van der Waals surface area contributed by atoms with E-state index in [0.717, 1.165) is 0 Å². The van der Waals surface area contributed by atoms with Gasteiger partial charge in [0.15, 0.2) is 0 Å². The minimum absolute atomic E-state index is 0.439. The number of nitrogens with zero attached hydrogens (tertiary/aromatic N) is 2. The van der Waals surface area contributed by atoms with E-state index >= 15 is 0 Å². The number of aromatic nitrogens is 1. The highest BCUT2D eigenvalue weighted by molar-refractivity contribution is 6.12. The maximum Gasteiger partial charge on any atom is 0.247 e. The summed E-state index contributed by atoms with van der Waals surface area (Å²) in [6, 6.07) is 35.9. The number of para-hydroxylation sites is 4. The number of carbonyl (C=O) groups excluding carboxylic acids is 4. The molecule has 1 fully saturated rings. The molecule has 1 aromatic heterocycles. The van der Waals surface area contributed by atoms with Crippen molar-refractivity contribution in [3.8, 4) is 0 Å². The van der Waals surface area contributed by atoms with Gasteiger partial charge in [0, 0.05) is 40.8 Å². The number of carbonyl (C=O) groups is 4. The molecule has 4 aromatic carbocycles. The molecule has 0 aliphatic carbocycles. The van der Waals surface area contributed by atoms with Gasteiger partial charge in [-0.05, 0) is 60.7 Å². The van der Waals surface area contributed by atoms with E-state index in [1.165, 1.54) is 12.4 Å². The highest BCUT2D eigenvalue weighted by Gasteiger charge is 2.60. The van der Waals surface area contributed by atoms with Gasteiger partial charge in [-0.2, -0.15) is 0 Å². The third-order valence-corrected chi connectivity index (χ3v) is 7.94. The first-order chi connectivity index (χ1) is 23.0. The molecule has 0 unspecified atom stereocenters. The Morgan fingerprint density at radius 2 is 0.723 bits per heavy atom. The van der Waals surface area contributed by atoms with Crippen molar-refractivity contribution in [3.63, 3.8) is 0 Å². The zero-order valence-electron chi connectivity index (χ0n) is 25.2. The Balaban J connectivity index is 1.50. The van der Waals surface area contributed by atoms with Crippen LogP contribution in [0.5, 0.6) is 0 Å². The first-order valence-corrected chi connectivity index (χ1v) is 15.1. The molecule has 4 N–H and O–H groups in total. The normalized spacial score (nSPS) is 18.5. The van der Waals surface area contributed by atoms with Crippen LogP contribution in [0.25, 0.3) is 0 Å². The van der Waals surface area contributed by atoms with E-state index in [2.05, 4.69) is 26.3 Å². The second-order valence-corrected chi connectivity index (χ2v) is 11.0. The van der Waals surface area contributed by atoms with Crippen molar-refractivity contribution in [3.05, 3.63) is 146 Å². The Kier molecular flexibility index (Phi) is 9.29. The molecule has 5 aromatic rings. The number of nitrogens with one attached hydrogen (secondary N) is 4. The topological polar surface area (TPSA) is 133 Å². The Hall–Kier alpha value is -6.29. The van der Waals surface area contributed by atoms with Gasteiger partial charge < -0.3 is 26.2 Å². The Bertz CT molecular complexity index is 1710. The van der Waals surface area contributed by atoms with Crippen LogP contribution in [-0.2, 0) is 19.2 Å². The average molecular weight is 625 g/mol. The summed E-state index contributed by atoms with van der Waals surface area (Å²) in [6.07, 6.45) is 3.06. The summed E-state index contributed by atoms with van der Waals surface area (Å²) in [6.45, 7) is 0. The molecule has 0 saturated carbocycles. The molecule has 1 aliphatic heterocycles. The molecule has 6 rings (SSSR count). The zero-order chi connectivity index (χ0) is 32.6. The van der Waals surface area contributed by atoms with Crippen LogP contribution in [0, 0.1) is 11.8 Å². The summed E-state index contributed by atoms with van der Waals surface area (Å²) in [5.74, 6) is -4.94. The van der Waals surface area contributed by atoms with Gasteiger partial charge in [0.1, 0.15) is 12.1 Å². The average Bonchev–Trinajstić information content (AvgIpc) is 3.48. The lowest BCUT2D eigenvalue weighted by molar-refractivity contribution is -0.132. The summed E-state index contributed by atoms with van der Waals surface area (Å²) >= 11 is 0. The van der Waals surface area contributed by atoms with Crippen LogP contribution in [0.3, 0.4) is 0 Å². The monoisotopic (exact) mass is 624 g/mol. The van der Waals surface area contributed by atoms with Gasteiger partial charge in [0.25, 0.3) is 0 Å². The van der Waals surface area contributed by atoms with Crippen molar-refractivity contribution in [1.82, 2.24) is 4.98 Å². The molecule has 4 amide bonds. The molecule has 234 valence electrons. The van der Waals surface area contributed by atoms with Gasteiger partial charge >= 0.3 is 0 Å². The van der Waals surface area contributed by atoms with E-state index in [9.17, 15) is 19.2 Å². The van der Waals surface area contributed by atoms with Crippen LogP contribution in [0.15, 0.2) is 146 Å². The molecule has 0 bridgehead atoms. The van der Waals surface area contributed by atoms with Gasteiger partial charge in [-0.15, -0.1) is 0 Å². The van der Waals surface area contributed by atoms with Gasteiger partial charge in [0.2, 0.25) is 23.6 Å². The van der Waals surface area contributed by atoms with Crippen LogP contribution in [0.2, 0.25) is 0 Å². The lowest BCUT2D eigenvalue weighted by Gasteiger charge is -2.32. The lowest BCUT2D eigenvalue weighted by Crippen LogP contribution is -2.51. The molecule has 0 radical (unpaired) electrons. The number of anilines is 5. The Morgan fingerprint density at radius 3 is 1.04 bits per heavy atom. The molecule has 0 spiro atoms. The van der Waals surface area contributed by atoms with Gasteiger partial charge in [-0.1, -0.05) is 72.8 Å². The Labute approximate surface area is 271 Å². The van der Waals surface area contributed by atoms with Gasteiger partial charge in [-0.25, -0.2) is 0 Å². The molecule has 1 aliphatic rings. The van der Waals surface area contributed by atoms with Crippen molar-refractivity contribution in [2.24, 2.45) is 11.8 Å². The molecule has 10 heteroatoms. The fourth-order valence-corrected chi connectivity index (χ4v) is 5.91. The molecule has 47 heavy (non-hydrogen) atoms. The number of rotatable bonds is 9. The SMILES string of the molecule is O=C(Nc1ccccc1)[C@@H]1[C@H](C(=O)Nc2ccccc2)[C@@H](C(=O)Nc2ccccc2)N(c2ccncc2)[C@H]1C(=O)Nc1ccccc1. The maximum absolute atomic E-state index is 14.4. The van der Waals surface area contributed by atoms with E-state index in [1.54, 1.807) is 114 Å². The highest BCUT2D eigenvalue weighted by Crippen LogP contribution is 2.42. The second kappa shape index (κ2) is 14.2. The predicted molar refractivity (Wildman–Crippen MR) is 182 cm³/mol. The van der Waals surface area contributed by atoms with Crippen LogP contribution < -0.4 is 26.2 Å². The second-order valence-electron chi connectivity index (χ2n) is 11.0. The summed E-state index contributed by atoms with van der Waals surface area (Å²) < 4.78 is 0. The maximum atomic E-state index is 14.4. The molecule has 4 atom stereocenters. The van der Waals surface area contributed by atoms with Crippen LogP contribution in [0.1, 0.15) is 0 Å². The van der Waals surface area contributed by atoms with Crippen LogP contribution in [0.4, 0.5) is 28.4 Å². The molecule has 1 saturated heterocycles.